The Balaban J connectivity index is 1.22. The highest BCUT2D eigenvalue weighted by molar-refractivity contribution is 6.14. The summed E-state index contributed by atoms with van der Waals surface area (Å²) in [5.74, 6) is 1.48. The molecule has 2 aliphatic carbocycles. The molecule has 0 heteroatoms. The molecule has 0 unspecified atom stereocenters. The highest BCUT2D eigenvalue weighted by Crippen LogP contribution is 2.41. The van der Waals surface area contributed by atoms with Gasteiger partial charge in [0.2, 0.25) is 0 Å². The summed E-state index contributed by atoms with van der Waals surface area (Å²) in [6, 6.07) is 42.6. The van der Waals surface area contributed by atoms with Crippen LogP contribution in [0.25, 0.3) is 54.9 Å². The molecule has 0 aliphatic heterocycles. The van der Waals surface area contributed by atoms with Gasteiger partial charge in [-0.15, -0.1) is 0 Å². The van der Waals surface area contributed by atoms with E-state index in [4.69, 9.17) is 0 Å². The van der Waals surface area contributed by atoms with E-state index >= 15 is 0 Å². The van der Waals surface area contributed by atoms with Crippen molar-refractivity contribution in [2.24, 2.45) is 0 Å². The average Bonchev–Trinajstić information content (AvgIpc) is 3.10. The van der Waals surface area contributed by atoms with E-state index < -0.39 is 0 Å². The summed E-state index contributed by atoms with van der Waals surface area (Å²) in [7, 11) is 0. The molecule has 46 heavy (non-hydrogen) atoms. The molecule has 6 aromatic rings. The van der Waals surface area contributed by atoms with Crippen LogP contribution in [0.5, 0.6) is 0 Å². The normalized spacial score (nSPS) is 16.3. The van der Waals surface area contributed by atoms with Crippen molar-refractivity contribution in [2.45, 2.75) is 89.9 Å². The van der Waals surface area contributed by atoms with Crippen molar-refractivity contribution in [1.29, 1.82) is 0 Å². The van der Waals surface area contributed by atoms with Crippen LogP contribution in [0.2, 0.25) is 0 Å². The van der Waals surface area contributed by atoms with E-state index in [0.717, 1.165) is 11.8 Å². The molecule has 0 N–H and O–H groups in total. The minimum Gasteiger partial charge on any atom is -0.0581 e. The summed E-state index contributed by atoms with van der Waals surface area (Å²) >= 11 is 0. The molecule has 0 radical (unpaired) electrons. The summed E-state index contributed by atoms with van der Waals surface area (Å²) in [4.78, 5) is 0. The van der Waals surface area contributed by atoms with Gasteiger partial charge in [0.15, 0.2) is 0 Å². The van der Waals surface area contributed by atoms with E-state index in [1.165, 1.54) is 141 Å². The number of rotatable bonds is 5. The topological polar surface area (TPSA) is 0 Å². The van der Waals surface area contributed by atoms with Crippen LogP contribution in [-0.4, -0.2) is 0 Å². The first-order chi connectivity index (χ1) is 22.6. The highest BCUT2D eigenvalue weighted by Gasteiger charge is 2.18. The maximum Gasteiger partial charge on any atom is -0.00266 e. The Kier molecular flexibility index (Phi) is 7.99. The Hall–Kier alpha value is -4.16. The zero-order valence-corrected chi connectivity index (χ0v) is 27.6. The molecule has 0 saturated heterocycles. The van der Waals surface area contributed by atoms with Crippen molar-refractivity contribution in [1.82, 2.24) is 0 Å². The first-order valence-electron chi connectivity index (χ1n) is 17.9. The molecule has 2 fully saturated rings. The maximum atomic E-state index is 2.43. The molecule has 0 nitrogen and oxygen atoms in total. The summed E-state index contributed by atoms with van der Waals surface area (Å²) in [5.41, 5.74) is 13.5. The standard InChI is InChI=1S/C46H46/c1-31-25-32(2)27-43(26-31)46-44-23-21-39(37-17-13-35(14-18-37)33-9-5-3-6-10-33)28-41(44)30-42-29-40(22-24-45(42)46)38-19-15-36(16-20-38)34-11-7-4-8-12-34/h13-30,33-34H,3-12H2,1-2H3. The van der Waals surface area contributed by atoms with Crippen molar-refractivity contribution < 1.29 is 0 Å². The highest BCUT2D eigenvalue weighted by atomic mass is 14.2. The molecule has 0 amide bonds. The van der Waals surface area contributed by atoms with Crippen molar-refractivity contribution in [3.8, 4) is 33.4 Å². The lowest BCUT2D eigenvalue weighted by Gasteiger charge is -2.22. The van der Waals surface area contributed by atoms with Gasteiger partial charge in [-0.3, -0.25) is 0 Å². The molecule has 0 heterocycles. The third kappa shape index (κ3) is 5.79. The minimum atomic E-state index is 0.740. The van der Waals surface area contributed by atoms with Crippen LogP contribution >= 0.6 is 0 Å². The molecule has 8 rings (SSSR count). The van der Waals surface area contributed by atoms with Crippen LogP contribution in [-0.2, 0) is 0 Å². The number of benzene rings is 6. The Bertz CT molecular complexity index is 1860. The van der Waals surface area contributed by atoms with E-state index in [1.54, 1.807) is 0 Å². The minimum absolute atomic E-state index is 0.740. The van der Waals surface area contributed by atoms with Gasteiger partial charge in [0.1, 0.15) is 0 Å². The molecular weight excluding hydrogens is 553 g/mol. The fourth-order valence-corrected chi connectivity index (χ4v) is 8.69. The molecule has 2 aliphatic rings. The predicted octanol–water partition coefficient (Wildman–Crippen LogP) is 13.7. The summed E-state index contributed by atoms with van der Waals surface area (Å²) < 4.78 is 0. The number of hydrogen-bond donors (Lipinski definition) is 0. The quantitative estimate of drug-likeness (QED) is 0.173. The van der Waals surface area contributed by atoms with Gasteiger partial charge in [0, 0.05) is 0 Å². The first kappa shape index (κ1) is 29.3. The smallest absolute Gasteiger partial charge is 0.00266 e. The third-order valence-electron chi connectivity index (χ3n) is 11.1. The SMILES string of the molecule is Cc1cc(C)cc(-c2c3ccc(-c4ccc(C5CCCCC5)cc4)cc3cc3cc(-c4ccc(C5CCCCC5)cc4)ccc23)c1. The van der Waals surface area contributed by atoms with Crippen LogP contribution in [0.3, 0.4) is 0 Å². The number of aryl methyl sites for hydroxylation is 2. The molecule has 0 spiro atoms. The van der Waals surface area contributed by atoms with Gasteiger partial charge in [-0.2, -0.15) is 0 Å². The van der Waals surface area contributed by atoms with Crippen LogP contribution in [0.15, 0.2) is 109 Å². The molecule has 0 aromatic heterocycles. The van der Waals surface area contributed by atoms with Gasteiger partial charge in [0.05, 0.1) is 0 Å². The zero-order valence-electron chi connectivity index (χ0n) is 27.6. The number of hydrogen-bond acceptors (Lipinski definition) is 0. The Labute approximate surface area is 275 Å². The molecule has 0 atom stereocenters. The Morgan fingerprint density at radius 2 is 0.783 bits per heavy atom. The van der Waals surface area contributed by atoms with Crippen molar-refractivity contribution >= 4 is 21.5 Å². The largest absolute Gasteiger partial charge is 0.0581 e. The van der Waals surface area contributed by atoms with E-state index in [2.05, 4.69) is 123 Å². The van der Waals surface area contributed by atoms with Crippen molar-refractivity contribution in [2.75, 3.05) is 0 Å². The van der Waals surface area contributed by atoms with Crippen LogP contribution in [0.4, 0.5) is 0 Å². The lowest BCUT2D eigenvalue weighted by molar-refractivity contribution is 0.443. The fraction of sp³-hybridized carbons (Fsp3) is 0.304. The van der Waals surface area contributed by atoms with Crippen molar-refractivity contribution in [3.63, 3.8) is 0 Å². The number of fused-ring (bicyclic) bond motifs is 2. The Morgan fingerprint density at radius 1 is 0.370 bits per heavy atom. The lowest BCUT2D eigenvalue weighted by atomic mass is 9.83. The average molecular weight is 599 g/mol. The van der Waals surface area contributed by atoms with Crippen molar-refractivity contribution in [3.05, 3.63) is 131 Å². The summed E-state index contributed by atoms with van der Waals surface area (Å²) in [6.07, 6.45) is 13.7. The van der Waals surface area contributed by atoms with Gasteiger partial charge in [-0.1, -0.05) is 141 Å². The van der Waals surface area contributed by atoms with Crippen LogP contribution < -0.4 is 0 Å². The molecule has 230 valence electrons. The fourth-order valence-electron chi connectivity index (χ4n) is 8.69. The predicted molar refractivity (Wildman–Crippen MR) is 199 cm³/mol. The lowest BCUT2D eigenvalue weighted by Crippen LogP contribution is -2.04. The van der Waals surface area contributed by atoms with E-state index in [0.29, 0.717) is 0 Å². The van der Waals surface area contributed by atoms with E-state index in [-0.39, 0.29) is 0 Å². The van der Waals surface area contributed by atoms with E-state index in [1.807, 2.05) is 0 Å². The van der Waals surface area contributed by atoms with Gasteiger partial charge < -0.3 is 0 Å². The van der Waals surface area contributed by atoms with E-state index in [9.17, 15) is 0 Å². The van der Waals surface area contributed by atoms with Crippen LogP contribution in [0.1, 0.15) is 98.3 Å². The summed E-state index contributed by atoms with van der Waals surface area (Å²) in [5, 5.41) is 5.26. The second kappa shape index (κ2) is 12.6. The molecular formula is C46H46. The summed E-state index contributed by atoms with van der Waals surface area (Å²) in [6.45, 7) is 4.43. The third-order valence-corrected chi connectivity index (χ3v) is 11.1. The van der Waals surface area contributed by atoms with Gasteiger partial charge >= 0.3 is 0 Å². The molecule has 6 aromatic carbocycles. The molecule has 2 saturated carbocycles. The van der Waals surface area contributed by atoms with Gasteiger partial charge in [-0.25, -0.2) is 0 Å². The first-order valence-corrected chi connectivity index (χ1v) is 17.9. The Morgan fingerprint density at radius 3 is 1.22 bits per heavy atom. The second-order valence-corrected chi connectivity index (χ2v) is 14.4. The van der Waals surface area contributed by atoms with Gasteiger partial charge in [-0.05, 0) is 136 Å². The molecule has 0 bridgehead atoms. The monoisotopic (exact) mass is 598 g/mol. The maximum absolute atomic E-state index is 2.43. The second-order valence-electron chi connectivity index (χ2n) is 14.4. The zero-order chi connectivity index (χ0) is 31.0. The van der Waals surface area contributed by atoms with Crippen LogP contribution in [0, 0.1) is 13.8 Å². The van der Waals surface area contributed by atoms with Gasteiger partial charge in [0.25, 0.3) is 0 Å².